The smallest absolute Gasteiger partial charge is 0.109 e. The number of hydrogen-bond donors (Lipinski definition) is 1. The summed E-state index contributed by atoms with van der Waals surface area (Å²) in [5.74, 6) is 0.939. The molecule has 2 fully saturated rings. The van der Waals surface area contributed by atoms with Crippen LogP contribution in [0.25, 0.3) is 0 Å². The third-order valence-electron chi connectivity index (χ3n) is 3.97. The first-order chi connectivity index (χ1) is 7.78. The molecule has 0 saturated heterocycles. The lowest BCUT2D eigenvalue weighted by atomic mass is 9.81. The molecule has 16 heavy (non-hydrogen) atoms. The SMILES string of the molecule is CNC1(C#N)CCCC(OCCC2CC2)C1. The van der Waals surface area contributed by atoms with E-state index in [4.69, 9.17) is 4.74 Å². The molecule has 0 aromatic heterocycles. The van der Waals surface area contributed by atoms with Crippen molar-refractivity contribution in [2.24, 2.45) is 5.92 Å². The number of nitrogens with zero attached hydrogens (tertiary/aromatic N) is 1. The lowest BCUT2D eigenvalue weighted by Crippen LogP contribution is -2.47. The fourth-order valence-electron chi connectivity index (χ4n) is 2.56. The van der Waals surface area contributed by atoms with Crippen LogP contribution < -0.4 is 5.32 Å². The van der Waals surface area contributed by atoms with Crippen LogP contribution in [0.15, 0.2) is 0 Å². The molecule has 0 aromatic carbocycles. The Labute approximate surface area is 98.2 Å². The molecular formula is C13H22N2O. The molecule has 2 aliphatic carbocycles. The van der Waals surface area contributed by atoms with Gasteiger partial charge in [0, 0.05) is 13.0 Å². The van der Waals surface area contributed by atoms with E-state index in [0.717, 1.165) is 38.2 Å². The number of rotatable bonds is 5. The molecule has 0 aliphatic heterocycles. The van der Waals surface area contributed by atoms with E-state index in [-0.39, 0.29) is 5.54 Å². The molecule has 2 saturated carbocycles. The molecule has 0 heterocycles. The van der Waals surface area contributed by atoms with Crippen molar-refractivity contribution in [2.75, 3.05) is 13.7 Å². The van der Waals surface area contributed by atoms with Gasteiger partial charge in [0.25, 0.3) is 0 Å². The third kappa shape index (κ3) is 2.96. The maximum absolute atomic E-state index is 9.21. The summed E-state index contributed by atoms with van der Waals surface area (Å²) in [6, 6.07) is 2.42. The lowest BCUT2D eigenvalue weighted by molar-refractivity contribution is 0.00760. The van der Waals surface area contributed by atoms with Crippen LogP contribution in [0.4, 0.5) is 0 Å². The Hall–Kier alpha value is -0.590. The van der Waals surface area contributed by atoms with Gasteiger partial charge in [0.05, 0.1) is 12.2 Å². The number of nitrogens with one attached hydrogen (secondary N) is 1. The number of hydrogen-bond acceptors (Lipinski definition) is 3. The molecule has 0 amide bonds. The van der Waals surface area contributed by atoms with Crippen LogP contribution in [0.1, 0.15) is 44.9 Å². The maximum atomic E-state index is 9.21. The summed E-state index contributed by atoms with van der Waals surface area (Å²) in [7, 11) is 1.88. The highest BCUT2D eigenvalue weighted by Gasteiger charge is 2.35. The molecule has 3 heteroatoms. The fraction of sp³-hybridized carbons (Fsp3) is 0.923. The van der Waals surface area contributed by atoms with Crippen LogP contribution in [0, 0.1) is 17.2 Å². The van der Waals surface area contributed by atoms with E-state index in [1.54, 1.807) is 0 Å². The predicted molar refractivity (Wildman–Crippen MR) is 63.0 cm³/mol. The van der Waals surface area contributed by atoms with Gasteiger partial charge in [0.1, 0.15) is 5.54 Å². The van der Waals surface area contributed by atoms with E-state index in [9.17, 15) is 5.26 Å². The van der Waals surface area contributed by atoms with E-state index in [1.807, 2.05) is 7.05 Å². The highest BCUT2D eigenvalue weighted by Crippen LogP contribution is 2.33. The zero-order chi connectivity index (χ0) is 11.4. The summed E-state index contributed by atoms with van der Waals surface area (Å²) in [5, 5.41) is 12.4. The van der Waals surface area contributed by atoms with Gasteiger partial charge in [-0.25, -0.2) is 0 Å². The van der Waals surface area contributed by atoms with Crippen LogP contribution in [0.5, 0.6) is 0 Å². The second kappa shape index (κ2) is 5.16. The summed E-state index contributed by atoms with van der Waals surface area (Å²) in [6.45, 7) is 0.889. The number of ether oxygens (including phenoxy) is 1. The highest BCUT2D eigenvalue weighted by atomic mass is 16.5. The minimum Gasteiger partial charge on any atom is -0.378 e. The van der Waals surface area contributed by atoms with Crippen molar-refractivity contribution in [1.82, 2.24) is 5.32 Å². The van der Waals surface area contributed by atoms with Crippen molar-refractivity contribution in [3.05, 3.63) is 0 Å². The Morgan fingerprint density at radius 2 is 2.25 bits per heavy atom. The largest absolute Gasteiger partial charge is 0.378 e. The van der Waals surface area contributed by atoms with E-state index in [1.165, 1.54) is 19.3 Å². The summed E-state index contributed by atoms with van der Waals surface area (Å²) >= 11 is 0. The zero-order valence-electron chi connectivity index (χ0n) is 10.2. The quantitative estimate of drug-likeness (QED) is 0.776. The molecule has 90 valence electrons. The maximum Gasteiger partial charge on any atom is 0.109 e. The molecule has 2 aliphatic rings. The zero-order valence-corrected chi connectivity index (χ0v) is 10.2. The minimum absolute atomic E-state index is 0.291. The molecule has 3 nitrogen and oxygen atoms in total. The molecule has 2 unspecified atom stereocenters. The van der Waals surface area contributed by atoms with Crippen molar-refractivity contribution in [1.29, 1.82) is 5.26 Å². The van der Waals surface area contributed by atoms with Crippen molar-refractivity contribution >= 4 is 0 Å². The van der Waals surface area contributed by atoms with Crippen molar-refractivity contribution in [3.63, 3.8) is 0 Å². The Kier molecular flexibility index (Phi) is 3.83. The summed E-state index contributed by atoms with van der Waals surface area (Å²) in [5.41, 5.74) is -0.331. The fourth-order valence-corrected chi connectivity index (χ4v) is 2.56. The van der Waals surface area contributed by atoms with Gasteiger partial charge in [0.15, 0.2) is 0 Å². The first-order valence-electron chi connectivity index (χ1n) is 6.50. The van der Waals surface area contributed by atoms with Crippen molar-refractivity contribution in [2.45, 2.75) is 56.6 Å². The van der Waals surface area contributed by atoms with E-state index in [0.29, 0.717) is 6.10 Å². The summed E-state index contributed by atoms with van der Waals surface area (Å²) in [6.07, 6.45) is 8.33. The summed E-state index contributed by atoms with van der Waals surface area (Å²) in [4.78, 5) is 0. The van der Waals surface area contributed by atoms with Gasteiger partial charge >= 0.3 is 0 Å². The Balaban J connectivity index is 1.74. The molecule has 1 N–H and O–H groups in total. The summed E-state index contributed by atoms with van der Waals surface area (Å²) < 4.78 is 5.90. The predicted octanol–water partition coefficient (Wildman–Crippen LogP) is 2.23. The van der Waals surface area contributed by atoms with Crippen LogP contribution in [0.3, 0.4) is 0 Å². The van der Waals surface area contributed by atoms with Crippen LogP contribution in [-0.2, 0) is 4.74 Å². The molecule has 0 bridgehead atoms. The van der Waals surface area contributed by atoms with Gasteiger partial charge in [-0.05, 0) is 38.6 Å². The van der Waals surface area contributed by atoms with Crippen molar-refractivity contribution < 1.29 is 4.74 Å². The Bertz CT molecular complexity index is 270. The van der Waals surface area contributed by atoms with Crippen LogP contribution >= 0.6 is 0 Å². The third-order valence-corrected chi connectivity index (χ3v) is 3.97. The van der Waals surface area contributed by atoms with Gasteiger partial charge in [0.2, 0.25) is 0 Å². The minimum atomic E-state index is -0.331. The molecule has 0 spiro atoms. The number of nitriles is 1. The first kappa shape index (κ1) is 11.9. The second-order valence-corrected chi connectivity index (χ2v) is 5.27. The molecular weight excluding hydrogens is 200 g/mol. The highest BCUT2D eigenvalue weighted by molar-refractivity contribution is 5.09. The van der Waals surface area contributed by atoms with Crippen molar-refractivity contribution in [3.8, 4) is 6.07 Å². The van der Waals surface area contributed by atoms with E-state index >= 15 is 0 Å². The van der Waals surface area contributed by atoms with Gasteiger partial charge in [-0.2, -0.15) is 5.26 Å². The molecule has 2 atom stereocenters. The van der Waals surface area contributed by atoms with Crippen LogP contribution in [0.2, 0.25) is 0 Å². The monoisotopic (exact) mass is 222 g/mol. The standard InChI is InChI=1S/C13H22N2O/c1-15-13(10-14)7-2-3-12(9-13)16-8-6-11-4-5-11/h11-12,15H,2-9H2,1H3. The molecule has 0 radical (unpaired) electrons. The topological polar surface area (TPSA) is 45.0 Å². The molecule has 0 aromatic rings. The van der Waals surface area contributed by atoms with Gasteiger partial charge < -0.3 is 10.1 Å². The average Bonchev–Trinajstić information content (AvgIpc) is 3.13. The van der Waals surface area contributed by atoms with Crippen LogP contribution in [-0.4, -0.2) is 25.3 Å². The molecule has 2 rings (SSSR count). The van der Waals surface area contributed by atoms with Gasteiger partial charge in [-0.1, -0.05) is 12.8 Å². The normalized spacial score (nSPS) is 34.6. The first-order valence-corrected chi connectivity index (χ1v) is 6.50. The Morgan fingerprint density at radius 3 is 2.88 bits per heavy atom. The van der Waals surface area contributed by atoms with E-state index < -0.39 is 0 Å². The van der Waals surface area contributed by atoms with Gasteiger partial charge in [-0.3, -0.25) is 0 Å². The van der Waals surface area contributed by atoms with E-state index in [2.05, 4.69) is 11.4 Å². The second-order valence-electron chi connectivity index (χ2n) is 5.27. The lowest BCUT2D eigenvalue weighted by Gasteiger charge is -2.35. The Morgan fingerprint density at radius 1 is 1.44 bits per heavy atom. The van der Waals surface area contributed by atoms with Gasteiger partial charge in [-0.15, -0.1) is 0 Å². The average molecular weight is 222 g/mol.